The van der Waals surface area contributed by atoms with Gasteiger partial charge >= 0.3 is 5.97 Å². The van der Waals surface area contributed by atoms with Crippen LogP contribution in [0.5, 0.6) is 0 Å². The number of nitrogens with one attached hydrogen (secondary N) is 2. The Morgan fingerprint density at radius 2 is 1.77 bits per heavy atom. The molecule has 0 bridgehead atoms. The van der Waals surface area contributed by atoms with E-state index in [9.17, 15) is 19.2 Å². The van der Waals surface area contributed by atoms with Gasteiger partial charge in [-0.3, -0.25) is 19.7 Å². The number of furan rings is 1. The minimum Gasteiger partial charge on any atom is -0.459 e. The van der Waals surface area contributed by atoms with E-state index < -0.39 is 36.3 Å². The van der Waals surface area contributed by atoms with Gasteiger partial charge in [0.15, 0.2) is 12.4 Å². The number of imide groups is 1. The summed E-state index contributed by atoms with van der Waals surface area (Å²) in [5, 5.41) is 6.40. The molecule has 0 spiro atoms. The maximum absolute atomic E-state index is 12.5. The SMILES string of the molecule is O=C(COC(=O)C(Cc1ccccc1)NC(=O)c1ccco1)NC(=O)c1cccs1. The third-order valence-corrected chi connectivity index (χ3v) is 4.83. The van der Waals surface area contributed by atoms with Crippen molar-refractivity contribution in [1.29, 1.82) is 0 Å². The van der Waals surface area contributed by atoms with Gasteiger partial charge in [0.05, 0.1) is 11.1 Å². The van der Waals surface area contributed by atoms with Gasteiger partial charge in [0.25, 0.3) is 17.7 Å². The van der Waals surface area contributed by atoms with Crippen LogP contribution in [-0.2, 0) is 20.7 Å². The molecule has 3 amide bonds. The second-order valence-corrected chi connectivity index (χ2v) is 7.10. The molecule has 1 aromatic carbocycles. The molecule has 1 atom stereocenters. The molecule has 154 valence electrons. The summed E-state index contributed by atoms with van der Waals surface area (Å²) in [6.45, 7) is -0.655. The molecule has 0 fully saturated rings. The van der Waals surface area contributed by atoms with Crippen LogP contribution in [0.2, 0.25) is 0 Å². The minimum atomic E-state index is -1.05. The summed E-state index contributed by atoms with van der Waals surface area (Å²) in [4.78, 5) is 49.0. The average molecular weight is 426 g/mol. The number of carbonyl (C=O) groups excluding carboxylic acids is 4. The molecule has 1 unspecified atom stereocenters. The van der Waals surface area contributed by atoms with Crippen molar-refractivity contribution >= 4 is 35.0 Å². The Hall–Kier alpha value is -3.72. The number of carbonyl (C=O) groups is 4. The normalized spacial score (nSPS) is 11.3. The fraction of sp³-hybridized carbons (Fsp3) is 0.143. The van der Waals surface area contributed by atoms with E-state index in [4.69, 9.17) is 9.15 Å². The van der Waals surface area contributed by atoms with E-state index >= 15 is 0 Å². The van der Waals surface area contributed by atoms with E-state index in [0.717, 1.165) is 5.56 Å². The Balaban J connectivity index is 1.60. The lowest BCUT2D eigenvalue weighted by Gasteiger charge is -2.17. The van der Waals surface area contributed by atoms with Crippen molar-refractivity contribution in [3.63, 3.8) is 0 Å². The zero-order valence-corrected chi connectivity index (χ0v) is 16.5. The van der Waals surface area contributed by atoms with Crippen LogP contribution in [0.25, 0.3) is 0 Å². The molecule has 2 N–H and O–H groups in total. The van der Waals surface area contributed by atoms with Crippen molar-refractivity contribution in [1.82, 2.24) is 10.6 Å². The quantitative estimate of drug-likeness (QED) is 0.534. The zero-order valence-electron chi connectivity index (χ0n) is 15.7. The van der Waals surface area contributed by atoms with E-state index in [0.29, 0.717) is 4.88 Å². The molecule has 30 heavy (non-hydrogen) atoms. The molecule has 0 aliphatic heterocycles. The summed E-state index contributed by atoms with van der Waals surface area (Å²) < 4.78 is 10.1. The zero-order chi connectivity index (χ0) is 21.3. The number of benzene rings is 1. The van der Waals surface area contributed by atoms with Gasteiger partial charge in [0.2, 0.25) is 0 Å². The Bertz CT molecular complexity index is 1000. The van der Waals surface area contributed by atoms with Gasteiger partial charge in [-0.1, -0.05) is 36.4 Å². The molecule has 3 aromatic rings. The first-order chi connectivity index (χ1) is 14.5. The molecule has 3 rings (SSSR count). The molecule has 0 aliphatic carbocycles. The van der Waals surface area contributed by atoms with Crippen LogP contribution in [0, 0.1) is 0 Å². The Kier molecular flexibility index (Phi) is 7.12. The van der Waals surface area contributed by atoms with Crippen LogP contribution < -0.4 is 10.6 Å². The van der Waals surface area contributed by atoms with Gasteiger partial charge in [-0.15, -0.1) is 11.3 Å². The van der Waals surface area contributed by atoms with Crippen molar-refractivity contribution in [2.75, 3.05) is 6.61 Å². The molecule has 9 heteroatoms. The molecule has 8 nitrogen and oxygen atoms in total. The summed E-state index contributed by atoms with van der Waals surface area (Å²) in [5.74, 6) is -2.69. The monoisotopic (exact) mass is 426 g/mol. The number of hydrogen-bond donors (Lipinski definition) is 2. The fourth-order valence-corrected chi connectivity index (χ4v) is 3.17. The van der Waals surface area contributed by atoms with Crippen molar-refractivity contribution in [3.8, 4) is 0 Å². The van der Waals surface area contributed by atoms with Crippen molar-refractivity contribution in [2.45, 2.75) is 12.5 Å². The predicted molar refractivity (Wildman–Crippen MR) is 108 cm³/mol. The summed E-state index contributed by atoms with van der Waals surface area (Å²) in [6.07, 6.45) is 1.50. The average Bonchev–Trinajstić information content (AvgIpc) is 3.46. The lowest BCUT2D eigenvalue weighted by atomic mass is 10.1. The third kappa shape index (κ3) is 5.89. The molecule has 2 heterocycles. The number of rotatable bonds is 8. The van der Waals surface area contributed by atoms with E-state index in [2.05, 4.69) is 10.6 Å². The van der Waals surface area contributed by atoms with Gasteiger partial charge in [-0.2, -0.15) is 0 Å². The molecule has 0 saturated carbocycles. The molecular formula is C21H18N2O6S. The van der Waals surface area contributed by atoms with Crippen LogP contribution in [0.4, 0.5) is 0 Å². The first kappa shape index (κ1) is 21.0. The first-order valence-corrected chi connectivity index (χ1v) is 9.83. The molecule has 0 aliphatic rings. The number of ether oxygens (including phenoxy) is 1. The lowest BCUT2D eigenvalue weighted by molar-refractivity contribution is -0.150. The van der Waals surface area contributed by atoms with Crippen LogP contribution in [-0.4, -0.2) is 36.3 Å². The van der Waals surface area contributed by atoms with Crippen molar-refractivity contribution < 1.29 is 28.3 Å². The number of thiophene rings is 1. The number of esters is 1. The predicted octanol–water partition coefficient (Wildman–Crippen LogP) is 2.18. The Labute approximate surface area is 175 Å². The first-order valence-electron chi connectivity index (χ1n) is 8.95. The molecule has 0 saturated heterocycles. The summed E-state index contributed by atoms with van der Waals surface area (Å²) in [5.41, 5.74) is 0.788. The maximum Gasteiger partial charge on any atom is 0.329 e. The van der Waals surface area contributed by atoms with E-state index in [-0.39, 0.29) is 12.2 Å². The van der Waals surface area contributed by atoms with E-state index in [1.54, 1.807) is 47.8 Å². The Morgan fingerprint density at radius 1 is 0.967 bits per heavy atom. The van der Waals surface area contributed by atoms with Crippen LogP contribution in [0.1, 0.15) is 25.8 Å². The highest BCUT2D eigenvalue weighted by Gasteiger charge is 2.25. The highest BCUT2D eigenvalue weighted by molar-refractivity contribution is 7.12. The van der Waals surface area contributed by atoms with E-state index in [1.807, 2.05) is 6.07 Å². The van der Waals surface area contributed by atoms with Crippen LogP contribution in [0.15, 0.2) is 70.7 Å². The van der Waals surface area contributed by atoms with Crippen LogP contribution >= 0.6 is 11.3 Å². The second kappa shape index (κ2) is 10.2. The van der Waals surface area contributed by atoms with Crippen LogP contribution in [0.3, 0.4) is 0 Å². The topological polar surface area (TPSA) is 115 Å². The number of hydrogen-bond acceptors (Lipinski definition) is 7. The van der Waals surface area contributed by atoms with Gasteiger partial charge in [-0.25, -0.2) is 4.79 Å². The highest BCUT2D eigenvalue weighted by atomic mass is 32.1. The standard InChI is InChI=1S/C21H18N2O6S/c24-18(23-20(26)17-9-5-11-30-17)13-29-21(27)15(12-14-6-2-1-3-7-14)22-19(25)16-8-4-10-28-16/h1-11,15H,12-13H2,(H,22,25)(H,23,24,26). The second-order valence-electron chi connectivity index (χ2n) is 6.16. The fourth-order valence-electron chi connectivity index (χ4n) is 2.55. The van der Waals surface area contributed by atoms with Gasteiger partial charge in [0, 0.05) is 6.42 Å². The third-order valence-electron chi connectivity index (χ3n) is 3.96. The van der Waals surface area contributed by atoms with Crippen molar-refractivity contribution in [3.05, 3.63) is 82.4 Å². The molecular weight excluding hydrogens is 408 g/mol. The summed E-state index contributed by atoms with van der Waals surface area (Å²) >= 11 is 1.18. The number of amides is 3. The largest absolute Gasteiger partial charge is 0.459 e. The molecule has 0 radical (unpaired) electrons. The smallest absolute Gasteiger partial charge is 0.329 e. The minimum absolute atomic E-state index is 0.0418. The maximum atomic E-state index is 12.5. The molecule has 2 aromatic heterocycles. The van der Waals surface area contributed by atoms with E-state index in [1.165, 1.54) is 23.7 Å². The van der Waals surface area contributed by atoms with Gasteiger partial charge < -0.3 is 14.5 Å². The van der Waals surface area contributed by atoms with Gasteiger partial charge in [-0.05, 0) is 29.1 Å². The van der Waals surface area contributed by atoms with Crippen molar-refractivity contribution in [2.24, 2.45) is 0 Å². The summed E-state index contributed by atoms with van der Waals surface area (Å²) in [7, 11) is 0. The van der Waals surface area contributed by atoms with Gasteiger partial charge in [0.1, 0.15) is 6.04 Å². The summed E-state index contributed by atoms with van der Waals surface area (Å²) in [6, 6.07) is 14.2. The Morgan fingerprint density at radius 3 is 2.43 bits per heavy atom. The lowest BCUT2D eigenvalue weighted by Crippen LogP contribution is -2.44. The highest BCUT2D eigenvalue weighted by Crippen LogP contribution is 2.09.